The normalized spacial score (nSPS) is 12.7. The van der Waals surface area contributed by atoms with Crippen molar-refractivity contribution in [1.29, 1.82) is 0 Å². The molecule has 9 heavy (non-hydrogen) atoms. The van der Waals surface area contributed by atoms with Gasteiger partial charge in [-0.2, -0.15) is 0 Å². The molecule has 0 radical (unpaired) electrons. The highest BCUT2D eigenvalue weighted by atomic mass is 32.2. The quantitative estimate of drug-likeness (QED) is 0.491. The molecule has 0 aliphatic heterocycles. The molecule has 2 nitrogen and oxygen atoms in total. The average Bonchev–Trinajstić information content (AvgIpc) is 1.59. The van der Waals surface area contributed by atoms with Gasteiger partial charge in [-0.25, -0.2) is 0 Å². The Morgan fingerprint density at radius 1 is 1.44 bits per heavy atom. The molecule has 56 valence electrons. The molecule has 0 atom stereocenters. The monoisotopic (exact) mass is 150 g/mol. The summed E-state index contributed by atoms with van der Waals surface area (Å²) in [7, 11) is 0. The van der Waals surface area contributed by atoms with E-state index in [0.717, 1.165) is 12.0 Å². The van der Waals surface area contributed by atoms with Crippen molar-refractivity contribution in [2.24, 2.45) is 0 Å². The summed E-state index contributed by atoms with van der Waals surface area (Å²) in [6, 6.07) is 0. The van der Waals surface area contributed by atoms with Gasteiger partial charge in [0.1, 0.15) is 4.93 Å². The third kappa shape index (κ3) is 8.27. The SMILES string of the molecule is CC(C)OSC(C)(C)O. The van der Waals surface area contributed by atoms with E-state index in [1.807, 2.05) is 13.8 Å². The second-order valence-electron chi connectivity index (χ2n) is 2.68. The zero-order chi connectivity index (χ0) is 7.49. The van der Waals surface area contributed by atoms with Gasteiger partial charge in [0.25, 0.3) is 0 Å². The fourth-order valence-corrected chi connectivity index (χ4v) is 0.642. The Hall–Kier alpha value is 0.270. The lowest BCUT2D eigenvalue weighted by atomic mass is 10.5. The average molecular weight is 150 g/mol. The Balaban J connectivity index is 3.28. The lowest BCUT2D eigenvalue weighted by molar-refractivity contribution is 0.158. The Morgan fingerprint density at radius 3 is 2.00 bits per heavy atom. The van der Waals surface area contributed by atoms with Crippen molar-refractivity contribution < 1.29 is 9.29 Å². The van der Waals surface area contributed by atoms with Crippen molar-refractivity contribution >= 4 is 12.0 Å². The fourth-order valence-electron chi connectivity index (χ4n) is 0.214. The van der Waals surface area contributed by atoms with Crippen LogP contribution < -0.4 is 0 Å². The minimum absolute atomic E-state index is 0.168. The van der Waals surface area contributed by atoms with Crippen LogP contribution in [0.3, 0.4) is 0 Å². The van der Waals surface area contributed by atoms with Crippen molar-refractivity contribution in [3.63, 3.8) is 0 Å². The topological polar surface area (TPSA) is 29.5 Å². The van der Waals surface area contributed by atoms with Gasteiger partial charge in [0.05, 0.1) is 6.10 Å². The van der Waals surface area contributed by atoms with Crippen LogP contribution in [0.2, 0.25) is 0 Å². The number of hydrogen-bond donors (Lipinski definition) is 1. The van der Waals surface area contributed by atoms with Crippen molar-refractivity contribution in [1.82, 2.24) is 0 Å². The lowest BCUT2D eigenvalue weighted by Gasteiger charge is -2.16. The molecule has 0 saturated heterocycles. The van der Waals surface area contributed by atoms with E-state index in [-0.39, 0.29) is 6.10 Å². The zero-order valence-corrected chi connectivity index (χ0v) is 7.16. The maximum absolute atomic E-state index is 9.10. The van der Waals surface area contributed by atoms with E-state index in [0.29, 0.717) is 0 Å². The Morgan fingerprint density at radius 2 is 1.89 bits per heavy atom. The number of aliphatic hydroxyl groups is 1. The van der Waals surface area contributed by atoms with E-state index < -0.39 is 4.93 Å². The predicted octanol–water partition coefficient (Wildman–Crippen LogP) is 1.79. The first-order valence-electron chi connectivity index (χ1n) is 2.98. The molecule has 0 heterocycles. The maximum atomic E-state index is 9.10. The van der Waals surface area contributed by atoms with Crippen LogP contribution in [-0.2, 0) is 4.18 Å². The molecular formula is C6H14O2S. The number of hydrogen-bond acceptors (Lipinski definition) is 3. The van der Waals surface area contributed by atoms with E-state index in [1.165, 1.54) is 0 Å². The number of rotatable bonds is 3. The molecule has 0 aromatic rings. The third-order valence-corrected chi connectivity index (χ3v) is 1.33. The minimum Gasteiger partial charge on any atom is -0.378 e. The van der Waals surface area contributed by atoms with Crippen LogP contribution in [-0.4, -0.2) is 16.1 Å². The summed E-state index contributed by atoms with van der Waals surface area (Å²) in [5.74, 6) is 0. The van der Waals surface area contributed by atoms with Gasteiger partial charge < -0.3 is 9.29 Å². The first-order chi connectivity index (χ1) is 3.92. The molecule has 0 aliphatic rings. The first kappa shape index (κ1) is 9.27. The summed E-state index contributed by atoms with van der Waals surface area (Å²) in [5, 5.41) is 9.10. The van der Waals surface area contributed by atoms with Crippen LogP contribution in [0, 0.1) is 0 Å². The Labute approximate surface area is 60.8 Å². The fraction of sp³-hybridized carbons (Fsp3) is 1.00. The van der Waals surface area contributed by atoms with Crippen molar-refractivity contribution in [2.45, 2.75) is 38.7 Å². The summed E-state index contributed by atoms with van der Waals surface area (Å²) < 4.78 is 5.07. The smallest absolute Gasteiger partial charge is 0.130 e. The van der Waals surface area contributed by atoms with E-state index in [2.05, 4.69) is 0 Å². The molecule has 0 unspecified atom stereocenters. The molecule has 0 spiro atoms. The van der Waals surface area contributed by atoms with Gasteiger partial charge in [0.15, 0.2) is 0 Å². The summed E-state index contributed by atoms with van der Waals surface area (Å²) in [6.07, 6.45) is 0.168. The van der Waals surface area contributed by atoms with Crippen molar-refractivity contribution in [3.8, 4) is 0 Å². The highest BCUT2D eigenvalue weighted by molar-refractivity contribution is 7.95. The van der Waals surface area contributed by atoms with Crippen molar-refractivity contribution in [3.05, 3.63) is 0 Å². The molecule has 0 aliphatic carbocycles. The summed E-state index contributed by atoms with van der Waals surface area (Å²) >= 11 is 1.10. The minimum atomic E-state index is -0.774. The first-order valence-corrected chi connectivity index (χ1v) is 3.73. The summed E-state index contributed by atoms with van der Waals surface area (Å²) in [5.41, 5.74) is 0. The highest BCUT2D eigenvalue weighted by Crippen LogP contribution is 2.22. The molecule has 0 amide bonds. The molecule has 0 fully saturated rings. The van der Waals surface area contributed by atoms with E-state index >= 15 is 0 Å². The molecule has 1 N–H and O–H groups in total. The maximum Gasteiger partial charge on any atom is 0.130 e. The molecule has 0 aromatic carbocycles. The zero-order valence-electron chi connectivity index (χ0n) is 6.34. The third-order valence-electron chi connectivity index (χ3n) is 0.444. The van der Waals surface area contributed by atoms with Gasteiger partial charge in [-0.1, -0.05) is 0 Å². The highest BCUT2D eigenvalue weighted by Gasteiger charge is 2.14. The molecule has 0 aromatic heterocycles. The molecule has 0 saturated carbocycles. The standard InChI is InChI=1S/C6H14O2S/c1-5(2)8-9-6(3,4)7/h5,7H,1-4H3. The second kappa shape index (κ2) is 3.44. The summed E-state index contributed by atoms with van der Waals surface area (Å²) in [6.45, 7) is 7.25. The van der Waals surface area contributed by atoms with Crippen LogP contribution in [0.5, 0.6) is 0 Å². The van der Waals surface area contributed by atoms with Crippen molar-refractivity contribution in [2.75, 3.05) is 0 Å². The van der Waals surface area contributed by atoms with Gasteiger partial charge in [-0.05, 0) is 27.7 Å². The van der Waals surface area contributed by atoms with Crippen LogP contribution in [0.1, 0.15) is 27.7 Å². The van der Waals surface area contributed by atoms with Crippen LogP contribution in [0.4, 0.5) is 0 Å². The Kier molecular flexibility index (Phi) is 3.54. The summed E-state index contributed by atoms with van der Waals surface area (Å²) in [4.78, 5) is -0.774. The van der Waals surface area contributed by atoms with Gasteiger partial charge in [0.2, 0.25) is 0 Å². The molecule has 3 heteroatoms. The van der Waals surface area contributed by atoms with E-state index in [1.54, 1.807) is 13.8 Å². The van der Waals surface area contributed by atoms with Gasteiger partial charge in [0, 0.05) is 12.0 Å². The Bertz CT molecular complexity index is 75.6. The largest absolute Gasteiger partial charge is 0.378 e. The van der Waals surface area contributed by atoms with Gasteiger partial charge in [-0.3, -0.25) is 0 Å². The van der Waals surface area contributed by atoms with Gasteiger partial charge >= 0.3 is 0 Å². The van der Waals surface area contributed by atoms with Gasteiger partial charge in [-0.15, -0.1) is 0 Å². The predicted molar refractivity (Wildman–Crippen MR) is 40.1 cm³/mol. The molecule has 0 bridgehead atoms. The van der Waals surface area contributed by atoms with Crippen LogP contribution in [0.15, 0.2) is 0 Å². The molecule has 0 rings (SSSR count). The van der Waals surface area contributed by atoms with E-state index in [9.17, 15) is 0 Å². The van der Waals surface area contributed by atoms with Crippen LogP contribution in [0.25, 0.3) is 0 Å². The van der Waals surface area contributed by atoms with Crippen LogP contribution >= 0.6 is 12.0 Å². The molecular weight excluding hydrogens is 136 g/mol. The second-order valence-corrected chi connectivity index (χ2v) is 4.03. The lowest BCUT2D eigenvalue weighted by Crippen LogP contribution is -2.14. The van der Waals surface area contributed by atoms with E-state index in [4.69, 9.17) is 9.29 Å².